The molecule has 1 unspecified atom stereocenters. The zero-order valence-corrected chi connectivity index (χ0v) is 11.4. The predicted octanol–water partition coefficient (Wildman–Crippen LogP) is 2.76. The molecule has 0 saturated heterocycles. The zero-order chi connectivity index (χ0) is 13.1. The Morgan fingerprint density at radius 2 is 2.39 bits per heavy atom. The Morgan fingerprint density at radius 3 is 3.11 bits per heavy atom. The van der Waals surface area contributed by atoms with Gasteiger partial charge >= 0.3 is 0 Å². The molecule has 1 aliphatic rings. The van der Waals surface area contributed by atoms with E-state index in [0.717, 1.165) is 36.9 Å². The maximum atomic E-state index is 9.99. The van der Waals surface area contributed by atoms with Gasteiger partial charge in [0.05, 0.1) is 19.3 Å². The van der Waals surface area contributed by atoms with Gasteiger partial charge in [-0.2, -0.15) is 0 Å². The van der Waals surface area contributed by atoms with Crippen LogP contribution >= 0.6 is 0 Å². The number of rotatable bonds is 5. The van der Waals surface area contributed by atoms with Gasteiger partial charge in [0.15, 0.2) is 0 Å². The number of aliphatic hydroxyl groups excluding tert-OH is 1. The molecule has 0 saturated carbocycles. The highest BCUT2D eigenvalue weighted by Crippen LogP contribution is 2.31. The monoisotopic (exact) mass is 249 g/mol. The Balaban J connectivity index is 2.02. The van der Waals surface area contributed by atoms with Gasteiger partial charge in [0.2, 0.25) is 0 Å². The molecule has 0 bridgehead atoms. The molecule has 1 aromatic heterocycles. The number of ether oxygens (including phenoxy) is 1. The van der Waals surface area contributed by atoms with Gasteiger partial charge in [-0.3, -0.25) is 0 Å². The van der Waals surface area contributed by atoms with Crippen LogP contribution in [-0.2, 0) is 17.7 Å². The summed E-state index contributed by atoms with van der Waals surface area (Å²) in [4.78, 5) is 0. The average Bonchev–Trinajstić information content (AvgIpc) is 2.63. The molecule has 100 valence electrons. The van der Waals surface area contributed by atoms with E-state index in [-0.39, 0.29) is 6.10 Å². The van der Waals surface area contributed by atoms with Crippen molar-refractivity contribution in [2.75, 3.05) is 13.2 Å². The lowest BCUT2D eigenvalue weighted by atomic mass is 9.95. The second-order valence-corrected chi connectivity index (χ2v) is 5.26. The summed E-state index contributed by atoms with van der Waals surface area (Å²) < 4.78 is 7.85. The molecule has 0 fully saturated rings. The van der Waals surface area contributed by atoms with E-state index in [1.807, 2.05) is 6.92 Å². The van der Waals surface area contributed by atoms with E-state index >= 15 is 0 Å². The van der Waals surface area contributed by atoms with Crippen molar-refractivity contribution in [3.05, 3.63) is 35.2 Å². The van der Waals surface area contributed by atoms with Crippen LogP contribution < -0.4 is 0 Å². The lowest BCUT2D eigenvalue weighted by Gasteiger charge is -2.20. The third kappa shape index (κ3) is 2.85. The number of hydrogen-bond acceptors (Lipinski definition) is 2. The maximum absolute atomic E-state index is 9.99. The minimum atomic E-state index is -0.273. The number of aryl methyl sites for hydroxylation is 1. The van der Waals surface area contributed by atoms with Gasteiger partial charge in [-0.1, -0.05) is 12.2 Å². The second-order valence-electron chi connectivity index (χ2n) is 5.26. The first-order valence-electron chi connectivity index (χ1n) is 6.68. The highest BCUT2D eigenvalue weighted by atomic mass is 16.5. The summed E-state index contributed by atoms with van der Waals surface area (Å²) in [6.45, 7) is 10.1. The van der Waals surface area contributed by atoms with Crippen LogP contribution in [0.3, 0.4) is 0 Å². The molecule has 2 rings (SSSR count). The van der Waals surface area contributed by atoms with Gasteiger partial charge in [-0.05, 0) is 39.2 Å². The zero-order valence-electron chi connectivity index (χ0n) is 11.4. The van der Waals surface area contributed by atoms with Crippen molar-refractivity contribution in [3.8, 4) is 0 Å². The molecule has 1 heterocycles. The predicted molar refractivity (Wildman–Crippen MR) is 72.7 cm³/mol. The molecular formula is C15H23NO2. The second kappa shape index (κ2) is 5.72. The minimum Gasteiger partial charge on any atom is -0.388 e. The minimum absolute atomic E-state index is 0.273. The summed E-state index contributed by atoms with van der Waals surface area (Å²) >= 11 is 0. The Kier molecular flexibility index (Phi) is 4.25. The van der Waals surface area contributed by atoms with Gasteiger partial charge in [0.25, 0.3) is 0 Å². The largest absolute Gasteiger partial charge is 0.388 e. The Labute approximate surface area is 109 Å². The van der Waals surface area contributed by atoms with Gasteiger partial charge < -0.3 is 14.4 Å². The molecule has 0 spiro atoms. The summed E-state index contributed by atoms with van der Waals surface area (Å²) in [7, 11) is 0. The normalized spacial score (nSPS) is 18.7. The van der Waals surface area contributed by atoms with Crippen molar-refractivity contribution in [3.63, 3.8) is 0 Å². The summed E-state index contributed by atoms with van der Waals surface area (Å²) in [5.74, 6) is 0. The van der Waals surface area contributed by atoms with Crippen LogP contribution in [0.5, 0.6) is 0 Å². The van der Waals surface area contributed by atoms with Crippen molar-refractivity contribution < 1.29 is 9.84 Å². The van der Waals surface area contributed by atoms with Crippen LogP contribution in [-0.4, -0.2) is 22.9 Å². The summed E-state index contributed by atoms with van der Waals surface area (Å²) in [5, 5.41) is 9.99. The first kappa shape index (κ1) is 13.4. The third-order valence-electron chi connectivity index (χ3n) is 3.51. The maximum Gasteiger partial charge on any atom is 0.0807 e. The third-order valence-corrected chi connectivity index (χ3v) is 3.51. The molecule has 3 heteroatoms. The molecule has 0 aromatic carbocycles. The molecule has 1 N–H and O–H groups in total. The van der Waals surface area contributed by atoms with Crippen LogP contribution in [0.4, 0.5) is 0 Å². The van der Waals surface area contributed by atoms with Crippen molar-refractivity contribution in [1.29, 1.82) is 0 Å². The Hall–Kier alpha value is -1.06. The lowest BCUT2D eigenvalue weighted by molar-refractivity contribution is 0.142. The van der Waals surface area contributed by atoms with E-state index in [9.17, 15) is 5.11 Å². The van der Waals surface area contributed by atoms with Crippen LogP contribution in [0, 0.1) is 6.92 Å². The lowest BCUT2D eigenvalue weighted by Crippen LogP contribution is -2.15. The summed E-state index contributed by atoms with van der Waals surface area (Å²) in [6, 6.07) is 2.12. The topological polar surface area (TPSA) is 34.4 Å². The van der Waals surface area contributed by atoms with Crippen LogP contribution in [0.2, 0.25) is 0 Å². The van der Waals surface area contributed by atoms with Gasteiger partial charge in [-0.25, -0.2) is 0 Å². The smallest absolute Gasteiger partial charge is 0.0807 e. The average molecular weight is 249 g/mol. The van der Waals surface area contributed by atoms with Gasteiger partial charge in [0.1, 0.15) is 0 Å². The van der Waals surface area contributed by atoms with E-state index in [2.05, 4.69) is 24.1 Å². The number of nitrogens with zero attached hydrogens (tertiary/aromatic N) is 1. The molecule has 1 aliphatic carbocycles. The fourth-order valence-corrected chi connectivity index (χ4v) is 2.65. The molecule has 18 heavy (non-hydrogen) atoms. The Morgan fingerprint density at radius 1 is 1.61 bits per heavy atom. The van der Waals surface area contributed by atoms with E-state index in [1.54, 1.807) is 0 Å². The number of fused-ring (bicyclic) bond motifs is 1. The number of hydrogen-bond donors (Lipinski definition) is 1. The molecule has 1 atom stereocenters. The van der Waals surface area contributed by atoms with Crippen molar-refractivity contribution in [1.82, 2.24) is 4.57 Å². The molecule has 0 amide bonds. The fourth-order valence-electron chi connectivity index (χ4n) is 2.65. The standard InChI is InChI=1S/C15H23NO2/c1-11(2)10-18-8-7-16-12(3)9-13-14(16)5-4-6-15(13)17/h9,15,17H,1,4-8,10H2,2-3H3. The molecule has 0 radical (unpaired) electrons. The van der Waals surface area contributed by atoms with Crippen molar-refractivity contribution in [2.45, 2.75) is 45.8 Å². The Bertz CT molecular complexity index is 434. The quantitative estimate of drug-likeness (QED) is 0.643. The first-order chi connectivity index (χ1) is 8.59. The molecule has 0 aliphatic heterocycles. The highest BCUT2D eigenvalue weighted by Gasteiger charge is 2.22. The van der Waals surface area contributed by atoms with Crippen molar-refractivity contribution >= 4 is 0 Å². The molecule has 1 aromatic rings. The molecular weight excluding hydrogens is 226 g/mol. The number of aliphatic hydroxyl groups is 1. The van der Waals surface area contributed by atoms with E-state index in [0.29, 0.717) is 13.2 Å². The van der Waals surface area contributed by atoms with Crippen LogP contribution in [0.25, 0.3) is 0 Å². The molecule has 3 nitrogen and oxygen atoms in total. The first-order valence-corrected chi connectivity index (χ1v) is 6.68. The van der Waals surface area contributed by atoms with E-state index < -0.39 is 0 Å². The van der Waals surface area contributed by atoms with Crippen molar-refractivity contribution in [2.24, 2.45) is 0 Å². The fraction of sp³-hybridized carbons (Fsp3) is 0.600. The van der Waals surface area contributed by atoms with Crippen LogP contribution in [0.1, 0.15) is 42.8 Å². The van der Waals surface area contributed by atoms with E-state index in [4.69, 9.17) is 4.74 Å². The number of aromatic nitrogens is 1. The van der Waals surface area contributed by atoms with Crippen LogP contribution in [0.15, 0.2) is 18.2 Å². The van der Waals surface area contributed by atoms with Gasteiger partial charge in [0, 0.05) is 23.5 Å². The van der Waals surface area contributed by atoms with E-state index in [1.165, 1.54) is 11.4 Å². The highest BCUT2D eigenvalue weighted by molar-refractivity contribution is 5.31. The summed E-state index contributed by atoms with van der Waals surface area (Å²) in [6.07, 6.45) is 2.76. The van der Waals surface area contributed by atoms with Gasteiger partial charge in [-0.15, -0.1) is 0 Å². The summed E-state index contributed by atoms with van der Waals surface area (Å²) in [5.41, 5.74) is 4.69. The SMILES string of the molecule is C=C(C)COCCn1c(C)cc2c1CCCC2O.